The van der Waals surface area contributed by atoms with Gasteiger partial charge in [-0.15, -0.1) is 0 Å². The topological polar surface area (TPSA) is 63.1 Å². The van der Waals surface area contributed by atoms with Crippen LogP contribution >= 0.6 is 0 Å². The van der Waals surface area contributed by atoms with Gasteiger partial charge in [0.2, 0.25) is 5.91 Å². The molecule has 0 radical (unpaired) electrons. The molecule has 1 aromatic heterocycles. The Morgan fingerprint density at radius 2 is 2.00 bits per heavy atom. The van der Waals surface area contributed by atoms with Crippen LogP contribution < -0.4 is 5.32 Å². The number of rotatable bonds is 7. The normalized spacial score (nSPS) is 20.9. The number of nitrogens with one attached hydrogen (secondary N) is 1. The molecule has 1 amide bonds. The van der Waals surface area contributed by atoms with Crippen LogP contribution in [0.5, 0.6) is 0 Å². The van der Waals surface area contributed by atoms with Gasteiger partial charge in [-0.2, -0.15) is 5.10 Å². The molecule has 1 saturated carbocycles. The Bertz CT molecular complexity index is 826. The zero-order valence-corrected chi connectivity index (χ0v) is 17.8. The summed E-state index contributed by atoms with van der Waals surface area (Å²) >= 11 is 0. The van der Waals surface area contributed by atoms with E-state index in [0.717, 1.165) is 50.9 Å². The van der Waals surface area contributed by atoms with Gasteiger partial charge in [-0.3, -0.25) is 9.48 Å². The lowest BCUT2D eigenvalue weighted by Crippen LogP contribution is -2.49. The number of hydrogen-bond acceptors (Lipinski definition) is 4. The summed E-state index contributed by atoms with van der Waals surface area (Å²) < 4.78 is 16.3. The number of aromatic nitrogens is 3. The summed E-state index contributed by atoms with van der Waals surface area (Å²) in [5, 5.41) is 7.28. The maximum atomic E-state index is 14.6. The van der Waals surface area contributed by atoms with Gasteiger partial charge in [0.05, 0.1) is 12.5 Å². The highest BCUT2D eigenvalue weighted by Gasteiger charge is 2.39. The molecular formula is C23H32FN5O. The third kappa shape index (κ3) is 4.72. The van der Waals surface area contributed by atoms with E-state index in [0.29, 0.717) is 6.54 Å². The number of benzene rings is 1. The first-order valence-electron chi connectivity index (χ1n) is 11.2. The van der Waals surface area contributed by atoms with E-state index in [4.69, 9.17) is 0 Å². The molecule has 1 atom stereocenters. The SMILES string of the molecule is CC(Cn1cncn1)C(=O)NC1CCN(CC2(c3ccccc3F)CCCC2)CC1. The summed E-state index contributed by atoms with van der Waals surface area (Å²) in [6.07, 6.45) is 9.46. The molecule has 2 aromatic rings. The zero-order chi connectivity index (χ0) is 21.0. The summed E-state index contributed by atoms with van der Waals surface area (Å²) in [7, 11) is 0. The molecular weight excluding hydrogens is 381 g/mol. The predicted molar refractivity (Wildman–Crippen MR) is 113 cm³/mol. The molecule has 30 heavy (non-hydrogen) atoms. The van der Waals surface area contributed by atoms with E-state index in [-0.39, 0.29) is 29.1 Å². The number of likely N-dealkylation sites (tertiary alicyclic amines) is 1. The van der Waals surface area contributed by atoms with Crippen molar-refractivity contribution < 1.29 is 9.18 Å². The second-order valence-corrected chi connectivity index (χ2v) is 9.04. The largest absolute Gasteiger partial charge is 0.353 e. The van der Waals surface area contributed by atoms with Crippen molar-refractivity contribution in [2.45, 2.75) is 63.5 Å². The standard InChI is InChI=1S/C23H32FN5O/c1-18(14-29-17-25-16-26-29)22(30)27-19-8-12-28(13-9-19)15-23(10-4-5-11-23)20-6-2-3-7-21(20)24/h2-3,6-7,16-19H,4-5,8-15H2,1H3,(H,27,30). The second kappa shape index (κ2) is 9.25. The Balaban J connectivity index is 1.30. The molecule has 1 N–H and O–H groups in total. The quantitative estimate of drug-likeness (QED) is 0.758. The zero-order valence-electron chi connectivity index (χ0n) is 17.8. The maximum absolute atomic E-state index is 14.6. The van der Waals surface area contributed by atoms with Gasteiger partial charge in [-0.05, 0) is 37.3 Å². The molecule has 7 heteroatoms. The van der Waals surface area contributed by atoms with Crippen LogP contribution in [0.2, 0.25) is 0 Å². The molecule has 1 unspecified atom stereocenters. The summed E-state index contributed by atoms with van der Waals surface area (Å²) in [6, 6.07) is 7.52. The molecule has 1 aliphatic heterocycles. The van der Waals surface area contributed by atoms with Crippen molar-refractivity contribution in [1.29, 1.82) is 0 Å². The van der Waals surface area contributed by atoms with E-state index in [1.54, 1.807) is 23.1 Å². The van der Waals surface area contributed by atoms with Gasteiger partial charge in [-0.25, -0.2) is 9.37 Å². The molecule has 162 valence electrons. The van der Waals surface area contributed by atoms with E-state index in [2.05, 4.69) is 20.3 Å². The Morgan fingerprint density at radius 1 is 1.27 bits per heavy atom. The minimum absolute atomic E-state index is 0.0618. The van der Waals surface area contributed by atoms with Crippen molar-refractivity contribution in [2.24, 2.45) is 5.92 Å². The van der Waals surface area contributed by atoms with Gasteiger partial charge in [0.1, 0.15) is 18.5 Å². The highest BCUT2D eigenvalue weighted by Crippen LogP contribution is 2.43. The van der Waals surface area contributed by atoms with E-state index in [1.165, 1.54) is 19.2 Å². The monoisotopic (exact) mass is 413 g/mol. The molecule has 1 saturated heterocycles. The molecule has 2 aliphatic rings. The van der Waals surface area contributed by atoms with Crippen LogP contribution in [0.1, 0.15) is 51.0 Å². The number of halogens is 1. The average Bonchev–Trinajstić information content (AvgIpc) is 3.42. The van der Waals surface area contributed by atoms with Gasteiger partial charge in [-0.1, -0.05) is 38.0 Å². The molecule has 0 spiro atoms. The van der Waals surface area contributed by atoms with Gasteiger partial charge in [0, 0.05) is 31.1 Å². The van der Waals surface area contributed by atoms with E-state index in [9.17, 15) is 9.18 Å². The number of piperidine rings is 1. The van der Waals surface area contributed by atoms with Crippen molar-refractivity contribution in [3.63, 3.8) is 0 Å². The highest BCUT2D eigenvalue weighted by atomic mass is 19.1. The van der Waals surface area contributed by atoms with Gasteiger partial charge < -0.3 is 10.2 Å². The molecule has 1 aliphatic carbocycles. The fraction of sp³-hybridized carbons (Fsp3) is 0.609. The summed E-state index contributed by atoms with van der Waals surface area (Å²) in [6.45, 7) is 5.26. The Morgan fingerprint density at radius 3 is 2.67 bits per heavy atom. The molecule has 2 fully saturated rings. The Hall–Kier alpha value is -2.28. The van der Waals surface area contributed by atoms with Crippen molar-refractivity contribution in [2.75, 3.05) is 19.6 Å². The van der Waals surface area contributed by atoms with Crippen molar-refractivity contribution >= 4 is 5.91 Å². The lowest BCUT2D eigenvalue weighted by atomic mass is 9.77. The Kier molecular flexibility index (Phi) is 6.46. The molecule has 0 bridgehead atoms. The number of amides is 1. The Labute approximate surface area is 177 Å². The van der Waals surface area contributed by atoms with E-state index in [1.807, 2.05) is 19.1 Å². The molecule has 2 heterocycles. The third-order valence-corrected chi connectivity index (χ3v) is 6.84. The van der Waals surface area contributed by atoms with Crippen molar-refractivity contribution in [3.05, 3.63) is 48.3 Å². The molecule has 6 nitrogen and oxygen atoms in total. The van der Waals surface area contributed by atoms with E-state index >= 15 is 0 Å². The number of hydrogen-bond donors (Lipinski definition) is 1. The lowest BCUT2D eigenvalue weighted by Gasteiger charge is -2.40. The van der Waals surface area contributed by atoms with Gasteiger partial charge in [0.25, 0.3) is 0 Å². The van der Waals surface area contributed by atoms with Crippen molar-refractivity contribution in [1.82, 2.24) is 25.0 Å². The van der Waals surface area contributed by atoms with Crippen molar-refractivity contribution in [3.8, 4) is 0 Å². The van der Waals surface area contributed by atoms with Crippen LogP contribution in [0.25, 0.3) is 0 Å². The maximum Gasteiger partial charge on any atom is 0.224 e. The van der Waals surface area contributed by atoms with Crippen LogP contribution in [-0.4, -0.2) is 51.2 Å². The number of carbonyl (C=O) groups excluding carboxylic acids is 1. The predicted octanol–water partition coefficient (Wildman–Crippen LogP) is 3.15. The number of carbonyl (C=O) groups is 1. The fourth-order valence-electron chi connectivity index (χ4n) is 5.15. The van der Waals surface area contributed by atoms with E-state index < -0.39 is 0 Å². The second-order valence-electron chi connectivity index (χ2n) is 9.04. The highest BCUT2D eigenvalue weighted by molar-refractivity contribution is 5.78. The molecule has 4 rings (SSSR count). The lowest BCUT2D eigenvalue weighted by molar-refractivity contribution is -0.126. The first-order chi connectivity index (χ1) is 14.6. The van der Waals surface area contributed by atoms with Gasteiger partial charge in [0.15, 0.2) is 0 Å². The minimum atomic E-state index is -0.146. The summed E-state index contributed by atoms with van der Waals surface area (Å²) in [5.41, 5.74) is 0.827. The molecule has 1 aromatic carbocycles. The smallest absolute Gasteiger partial charge is 0.224 e. The van der Waals surface area contributed by atoms with Gasteiger partial charge >= 0.3 is 0 Å². The summed E-state index contributed by atoms with van der Waals surface area (Å²) in [5.74, 6) is -0.141. The summed E-state index contributed by atoms with van der Waals surface area (Å²) in [4.78, 5) is 18.9. The van der Waals surface area contributed by atoms with Crippen LogP contribution in [-0.2, 0) is 16.8 Å². The minimum Gasteiger partial charge on any atom is -0.353 e. The third-order valence-electron chi connectivity index (χ3n) is 6.84. The van der Waals surface area contributed by atoms with Crippen LogP contribution in [0.15, 0.2) is 36.9 Å². The first kappa shape index (κ1) is 21.0. The fourth-order valence-corrected chi connectivity index (χ4v) is 5.15. The first-order valence-corrected chi connectivity index (χ1v) is 11.2. The number of nitrogens with zero attached hydrogens (tertiary/aromatic N) is 4. The average molecular weight is 414 g/mol. The van der Waals surface area contributed by atoms with Crippen LogP contribution in [0.4, 0.5) is 4.39 Å². The van der Waals surface area contributed by atoms with Crippen LogP contribution in [0, 0.1) is 11.7 Å². The van der Waals surface area contributed by atoms with Crippen LogP contribution in [0.3, 0.4) is 0 Å².